The van der Waals surface area contributed by atoms with E-state index in [2.05, 4.69) is 76.4 Å². The molecule has 1 aliphatic heterocycles. The fourth-order valence-corrected chi connectivity index (χ4v) is 5.72. The standard InChI is InChI=1S/C28H29N5O.O2S/c1-18-8-7-11-23-25-24(16-22(17-29-25)27-19(2)30-31-32(27)3)33(26(18)23)28(20-9-5-4-6-10-20)21-12-14-34-15-13-21;1-3-2/h4-11,16-17,21,28H,12-15H2,1-3H3;/t28-;/m1./s1. The molecule has 0 aliphatic carbocycles. The fraction of sp³-hybridized carbons (Fsp3) is 0.321. The number of rotatable bonds is 4. The third-order valence-corrected chi connectivity index (χ3v) is 7.26. The van der Waals surface area contributed by atoms with Gasteiger partial charge < -0.3 is 9.30 Å². The Morgan fingerprint density at radius 3 is 2.43 bits per heavy atom. The molecule has 0 saturated carbocycles. The van der Waals surface area contributed by atoms with Gasteiger partial charge in [0, 0.05) is 37.4 Å². The van der Waals surface area contributed by atoms with E-state index in [0.29, 0.717) is 5.92 Å². The molecule has 190 valence electrons. The van der Waals surface area contributed by atoms with E-state index in [1.165, 1.54) is 22.0 Å². The number of benzene rings is 2. The van der Waals surface area contributed by atoms with Crippen LogP contribution in [0.25, 0.3) is 33.2 Å². The summed E-state index contributed by atoms with van der Waals surface area (Å²) in [5.74, 6) is 0.485. The van der Waals surface area contributed by atoms with Crippen LogP contribution in [-0.4, -0.2) is 46.2 Å². The SMILES string of the molecule is Cc1nnn(C)c1-c1cnc2c3cccc(C)c3n([C@H](c3ccccc3)C3CCOCC3)c2c1.O=S=O. The molecule has 1 saturated heterocycles. The summed E-state index contributed by atoms with van der Waals surface area (Å²) in [6.07, 6.45) is 4.06. The van der Waals surface area contributed by atoms with E-state index in [1.54, 1.807) is 0 Å². The van der Waals surface area contributed by atoms with Crippen molar-refractivity contribution in [3.05, 3.63) is 77.6 Å². The van der Waals surface area contributed by atoms with Crippen molar-refractivity contribution in [2.45, 2.75) is 32.7 Å². The number of pyridine rings is 1. The highest BCUT2D eigenvalue weighted by Crippen LogP contribution is 2.41. The number of aromatic nitrogens is 5. The maximum absolute atomic E-state index is 8.29. The Kier molecular flexibility index (Phi) is 7.25. The summed E-state index contributed by atoms with van der Waals surface area (Å²) >= 11 is -0.750. The summed E-state index contributed by atoms with van der Waals surface area (Å²) in [5.41, 5.74) is 9.02. The molecule has 1 atom stereocenters. The van der Waals surface area contributed by atoms with Crippen molar-refractivity contribution in [1.82, 2.24) is 24.5 Å². The number of hydrogen-bond donors (Lipinski definition) is 0. The molecule has 0 radical (unpaired) electrons. The quantitative estimate of drug-likeness (QED) is 0.336. The molecule has 1 aliphatic rings. The van der Waals surface area contributed by atoms with E-state index in [4.69, 9.17) is 18.1 Å². The largest absolute Gasteiger partial charge is 0.381 e. The van der Waals surface area contributed by atoms with Crippen LogP contribution in [0.3, 0.4) is 0 Å². The average molecular weight is 516 g/mol. The lowest BCUT2D eigenvalue weighted by atomic mass is 9.86. The molecular formula is C28H29N5O3S. The monoisotopic (exact) mass is 515 g/mol. The molecule has 0 unspecified atom stereocenters. The molecule has 3 aromatic heterocycles. The van der Waals surface area contributed by atoms with Gasteiger partial charge in [0.25, 0.3) is 0 Å². The topological polar surface area (TPSA) is 91.9 Å². The summed E-state index contributed by atoms with van der Waals surface area (Å²) in [6, 6.07) is 20.0. The van der Waals surface area contributed by atoms with Gasteiger partial charge in [-0.1, -0.05) is 53.7 Å². The van der Waals surface area contributed by atoms with Crippen molar-refractivity contribution in [1.29, 1.82) is 0 Å². The van der Waals surface area contributed by atoms with E-state index < -0.39 is 11.6 Å². The molecule has 1 fully saturated rings. The van der Waals surface area contributed by atoms with Crippen LogP contribution in [0.15, 0.2) is 60.8 Å². The van der Waals surface area contributed by atoms with Gasteiger partial charge in [-0.3, -0.25) is 4.98 Å². The average Bonchev–Trinajstić information content (AvgIpc) is 3.43. The van der Waals surface area contributed by atoms with E-state index in [-0.39, 0.29) is 6.04 Å². The molecule has 0 spiro atoms. The third-order valence-electron chi connectivity index (χ3n) is 7.26. The maximum Gasteiger partial charge on any atom is 0.335 e. The summed E-state index contributed by atoms with van der Waals surface area (Å²) < 4.78 is 26.7. The first-order valence-electron chi connectivity index (χ1n) is 12.4. The first-order chi connectivity index (χ1) is 18.0. The van der Waals surface area contributed by atoms with Crippen LogP contribution in [-0.2, 0) is 23.4 Å². The second-order valence-electron chi connectivity index (χ2n) is 9.45. The molecule has 5 aromatic rings. The first kappa shape index (κ1) is 25.0. The Morgan fingerprint density at radius 2 is 1.76 bits per heavy atom. The van der Waals surface area contributed by atoms with Gasteiger partial charge in [-0.25, -0.2) is 4.68 Å². The Morgan fingerprint density at radius 1 is 1.03 bits per heavy atom. The number of aryl methyl sites for hydroxylation is 3. The summed E-state index contributed by atoms with van der Waals surface area (Å²) in [6.45, 7) is 5.84. The Labute approximate surface area is 218 Å². The minimum atomic E-state index is -0.750. The van der Waals surface area contributed by atoms with Crippen LogP contribution in [0.1, 0.15) is 35.7 Å². The van der Waals surface area contributed by atoms with E-state index in [1.807, 2.05) is 24.9 Å². The van der Waals surface area contributed by atoms with Crippen molar-refractivity contribution in [2.24, 2.45) is 13.0 Å². The van der Waals surface area contributed by atoms with Gasteiger partial charge in [0.2, 0.25) is 0 Å². The highest BCUT2D eigenvalue weighted by atomic mass is 32.1. The first-order valence-corrected chi connectivity index (χ1v) is 13.0. The van der Waals surface area contributed by atoms with E-state index in [0.717, 1.165) is 54.0 Å². The smallest absolute Gasteiger partial charge is 0.335 e. The zero-order chi connectivity index (χ0) is 25.9. The predicted octanol–water partition coefficient (Wildman–Crippen LogP) is 4.95. The summed E-state index contributed by atoms with van der Waals surface area (Å²) in [4.78, 5) is 5.02. The second-order valence-corrected chi connectivity index (χ2v) is 9.59. The number of hydrogen-bond acceptors (Lipinski definition) is 6. The van der Waals surface area contributed by atoms with Crippen LogP contribution in [0.2, 0.25) is 0 Å². The normalized spacial score (nSPS) is 14.9. The Balaban J connectivity index is 0.000000892. The van der Waals surface area contributed by atoms with E-state index in [9.17, 15) is 0 Å². The Hall–Kier alpha value is -3.69. The van der Waals surface area contributed by atoms with Crippen LogP contribution < -0.4 is 0 Å². The van der Waals surface area contributed by atoms with Gasteiger partial charge in [-0.05, 0) is 49.8 Å². The molecule has 37 heavy (non-hydrogen) atoms. The highest BCUT2D eigenvalue weighted by Gasteiger charge is 2.30. The summed E-state index contributed by atoms with van der Waals surface area (Å²) in [5, 5.41) is 9.70. The predicted molar refractivity (Wildman–Crippen MR) is 144 cm³/mol. The van der Waals surface area contributed by atoms with Crippen molar-refractivity contribution in [3.63, 3.8) is 0 Å². The molecule has 8 nitrogen and oxygen atoms in total. The molecule has 0 bridgehead atoms. The zero-order valence-corrected chi connectivity index (χ0v) is 21.9. The number of ether oxygens (including phenoxy) is 1. The highest BCUT2D eigenvalue weighted by molar-refractivity contribution is 7.51. The Bertz CT molecular complexity index is 1560. The van der Waals surface area contributed by atoms with Crippen LogP contribution >= 0.6 is 0 Å². The molecule has 9 heteroatoms. The zero-order valence-electron chi connectivity index (χ0n) is 21.1. The van der Waals surface area contributed by atoms with Crippen LogP contribution in [0.5, 0.6) is 0 Å². The van der Waals surface area contributed by atoms with Gasteiger partial charge in [-0.15, -0.1) is 5.10 Å². The number of para-hydroxylation sites is 1. The van der Waals surface area contributed by atoms with Crippen molar-refractivity contribution in [3.8, 4) is 11.3 Å². The lowest BCUT2D eigenvalue weighted by molar-refractivity contribution is 0.0552. The third kappa shape index (κ3) is 4.60. The van der Waals surface area contributed by atoms with Gasteiger partial charge in [-0.2, -0.15) is 8.42 Å². The maximum atomic E-state index is 8.29. The number of fused-ring (bicyclic) bond motifs is 3. The fourth-order valence-electron chi connectivity index (χ4n) is 5.72. The van der Waals surface area contributed by atoms with Gasteiger partial charge in [0.05, 0.1) is 34.0 Å². The molecule has 0 N–H and O–H groups in total. The lowest BCUT2D eigenvalue weighted by Gasteiger charge is -2.33. The lowest BCUT2D eigenvalue weighted by Crippen LogP contribution is -2.27. The van der Waals surface area contributed by atoms with Crippen molar-refractivity contribution >= 4 is 33.5 Å². The minimum Gasteiger partial charge on any atom is -0.381 e. The number of nitrogens with zero attached hydrogens (tertiary/aromatic N) is 5. The second kappa shape index (κ2) is 10.7. The molecule has 2 aromatic carbocycles. The molecular weight excluding hydrogens is 486 g/mol. The van der Waals surface area contributed by atoms with Gasteiger partial charge in [0.15, 0.2) is 0 Å². The summed E-state index contributed by atoms with van der Waals surface area (Å²) in [7, 11) is 1.94. The molecule has 4 heterocycles. The van der Waals surface area contributed by atoms with Gasteiger partial charge in [0.1, 0.15) is 0 Å². The minimum absolute atomic E-state index is 0.203. The molecule has 6 rings (SSSR count). The molecule has 0 amide bonds. The van der Waals surface area contributed by atoms with Crippen molar-refractivity contribution in [2.75, 3.05) is 13.2 Å². The van der Waals surface area contributed by atoms with Crippen LogP contribution in [0, 0.1) is 19.8 Å². The van der Waals surface area contributed by atoms with Gasteiger partial charge >= 0.3 is 11.6 Å². The van der Waals surface area contributed by atoms with Crippen molar-refractivity contribution < 1.29 is 13.2 Å². The van der Waals surface area contributed by atoms with E-state index >= 15 is 0 Å². The van der Waals surface area contributed by atoms with Crippen LogP contribution in [0.4, 0.5) is 0 Å².